The molecule has 156 valence electrons. The Labute approximate surface area is 184 Å². The van der Waals surface area contributed by atoms with Gasteiger partial charge in [-0.1, -0.05) is 24.3 Å². The smallest absolute Gasteiger partial charge is 0.248 e. The molecule has 7 heteroatoms. The highest BCUT2D eigenvalue weighted by molar-refractivity contribution is 5.99. The van der Waals surface area contributed by atoms with Crippen LogP contribution in [0, 0.1) is 22.7 Å². The van der Waals surface area contributed by atoms with Crippen LogP contribution >= 0.6 is 0 Å². The van der Waals surface area contributed by atoms with Crippen molar-refractivity contribution in [3.63, 3.8) is 0 Å². The van der Waals surface area contributed by atoms with Crippen LogP contribution in [-0.2, 0) is 4.79 Å². The number of rotatable bonds is 5. The second-order valence-electron chi connectivity index (χ2n) is 7.40. The Morgan fingerprint density at radius 2 is 1.72 bits per heavy atom. The number of hydrogen-bond donors (Lipinski definition) is 1. The maximum atomic E-state index is 12.7. The third kappa shape index (κ3) is 4.00. The van der Waals surface area contributed by atoms with E-state index in [1.165, 1.54) is 0 Å². The summed E-state index contributed by atoms with van der Waals surface area (Å²) in [4.78, 5) is 25.8. The molecule has 0 aromatic heterocycles. The van der Waals surface area contributed by atoms with E-state index in [9.17, 15) is 20.1 Å². The fourth-order valence-electron chi connectivity index (χ4n) is 3.74. The van der Waals surface area contributed by atoms with Crippen LogP contribution in [-0.4, -0.2) is 18.4 Å². The van der Waals surface area contributed by atoms with E-state index in [0.717, 1.165) is 5.56 Å². The van der Waals surface area contributed by atoms with E-state index >= 15 is 0 Å². The Balaban J connectivity index is 1.62. The van der Waals surface area contributed by atoms with E-state index < -0.39 is 5.91 Å². The molecule has 32 heavy (non-hydrogen) atoms. The summed E-state index contributed by atoms with van der Waals surface area (Å²) >= 11 is 0. The molecule has 3 aromatic rings. The van der Waals surface area contributed by atoms with Crippen molar-refractivity contribution in [3.05, 3.63) is 89.0 Å². The van der Waals surface area contributed by atoms with Crippen molar-refractivity contribution in [1.82, 2.24) is 0 Å². The van der Waals surface area contributed by atoms with Gasteiger partial charge in [0.05, 0.1) is 11.1 Å². The number of nitrogens with two attached hydrogens (primary N) is 1. The molecule has 1 heterocycles. The quantitative estimate of drug-likeness (QED) is 0.670. The Morgan fingerprint density at radius 3 is 2.47 bits per heavy atom. The first-order valence-electron chi connectivity index (χ1n) is 9.91. The number of para-hydroxylation sites is 1. The molecule has 1 saturated heterocycles. The van der Waals surface area contributed by atoms with Gasteiger partial charge in [-0.3, -0.25) is 9.59 Å². The maximum Gasteiger partial charge on any atom is 0.248 e. The Hall–Kier alpha value is -4.62. The zero-order valence-electron chi connectivity index (χ0n) is 17.0. The predicted octanol–water partition coefficient (Wildman–Crippen LogP) is 3.84. The lowest BCUT2D eigenvalue weighted by atomic mass is 9.96. The number of primary amides is 1. The Morgan fingerprint density at radius 1 is 0.969 bits per heavy atom. The molecule has 1 fully saturated rings. The summed E-state index contributed by atoms with van der Waals surface area (Å²) in [6, 6.07) is 22.8. The van der Waals surface area contributed by atoms with E-state index in [-0.39, 0.29) is 18.2 Å². The van der Waals surface area contributed by atoms with Crippen molar-refractivity contribution >= 4 is 17.5 Å². The fourth-order valence-corrected chi connectivity index (χ4v) is 3.74. The van der Waals surface area contributed by atoms with Crippen LogP contribution in [0.5, 0.6) is 11.5 Å². The number of benzene rings is 3. The van der Waals surface area contributed by atoms with Crippen LogP contribution in [0.4, 0.5) is 5.69 Å². The van der Waals surface area contributed by atoms with Crippen molar-refractivity contribution in [2.24, 2.45) is 5.73 Å². The number of nitriles is 2. The number of ether oxygens (including phenoxy) is 1. The van der Waals surface area contributed by atoms with Crippen molar-refractivity contribution in [3.8, 4) is 23.6 Å². The normalized spacial score (nSPS) is 15.1. The molecule has 1 aliphatic heterocycles. The third-order valence-corrected chi connectivity index (χ3v) is 5.39. The van der Waals surface area contributed by atoms with E-state index in [4.69, 9.17) is 10.5 Å². The van der Waals surface area contributed by atoms with Crippen molar-refractivity contribution in [2.45, 2.75) is 12.3 Å². The van der Waals surface area contributed by atoms with E-state index in [1.807, 2.05) is 6.07 Å². The number of nitrogens with zero attached hydrogens (tertiary/aromatic N) is 3. The number of hydrogen-bond acceptors (Lipinski definition) is 5. The van der Waals surface area contributed by atoms with Gasteiger partial charge in [-0.2, -0.15) is 10.5 Å². The summed E-state index contributed by atoms with van der Waals surface area (Å²) in [6.45, 7) is 0.418. The monoisotopic (exact) mass is 422 g/mol. The van der Waals surface area contributed by atoms with Gasteiger partial charge in [0.25, 0.3) is 0 Å². The molecule has 1 atom stereocenters. The van der Waals surface area contributed by atoms with Crippen LogP contribution in [0.25, 0.3) is 0 Å². The van der Waals surface area contributed by atoms with Crippen LogP contribution in [0.1, 0.15) is 39.4 Å². The number of anilines is 1. The molecule has 7 nitrogen and oxygen atoms in total. The lowest BCUT2D eigenvalue weighted by molar-refractivity contribution is -0.117. The van der Waals surface area contributed by atoms with Crippen LogP contribution < -0.4 is 15.4 Å². The lowest BCUT2D eigenvalue weighted by Crippen LogP contribution is -2.24. The van der Waals surface area contributed by atoms with Gasteiger partial charge in [0.1, 0.15) is 23.6 Å². The molecular formula is C25H18N4O3. The number of carbonyl (C=O) groups excluding carboxylic acids is 2. The summed E-state index contributed by atoms with van der Waals surface area (Å²) in [7, 11) is 0. The van der Waals surface area contributed by atoms with Crippen LogP contribution in [0.15, 0.2) is 66.7 Å². The number of carbonyl (C=O) groups is 2. The minimum atomic E-state index is -0.554. The van der Waals surface area contributed by atoms with Gasteiger partial charge < -0.3 is 15.4 Å². The zero-order valence-corrected chi connectivity index (χ0v) is 17.0. The van der Waals surface area contributed by atoms with Crippen LogP contribution in [0.2, 0.25) is 0 Å². The molecule has 0 aliphatic carbocycles. The van der Waals surface area contributed by atoms with Gasteiger partial charge in [-0.05, 0) is 48.0 Å². The summed E-state index contributed by atoms with van der Waals surface area (Å²) in [6.07, 6.45) is 0.279. The highest BCUT2D eigenvalue weighted by Gasteiger charge is 2.32. The van der Waals surface area contributed by atoms with Gasteiger partial charge in [0, 0.05) is 30.1 Å². The van der Waals surface area contributed by atoms with Crippen molar-refractivity contribution < 1.29 is 14.3 Å². The first-order chi connectivity index (χ1) is 15.5. The summed E-state index contributed by atoms with van der Waals surface area (Å²) in [5.41, 5.74) is 7.84. The van der Waals surface area contributed by atoms with Gasteiger partial charge in [0.2, 0.25) is 11.8 Å². The molecular weight excluding hydrogens is 404 g/mol. The van der Waals surface area contributed by atoms with Gasteiger partial charge in [-0.15, -0.1) is 0 Å². The molecule has 4 rings (SSSR count). The second kappa shape index (κ2) is 8.63. The minimum absolute atomic E-state index is 0.0710. The average Bonchev–Trinajstić information content (AvgIpc) is 3.21. The Kier molecular flexibility index (Phi) is 5.57. The van der Waals surface area contributed by atoms with E-state index in [2.05, 4.69) is 12.1 Å². The van der Waals surface area contributed by atoms with Crippen molar-refractivity contribution in [2.75, 3.05) is 11.4 Å². The van der Waals surface area contributed by atoms with E-state index in [1.54, 1.807) is 65.6 Å². The molecule has 0 unspecified atom stereocenters. The highest BCUT2D eigenvalue weighted by atomic mass is 16.5. The zero-order chi connectivity index (χ0) is 22.7. The standard InChI is InChI=1S/C25H18N4O3/c26-13-18-4-1-2-7-22(18)32-23-11-16(8-9-19(23)14-27)20-12-24(30)29(15-20)21-6-3-5-17(10-21)25(28)31/h1-11,20H,12,15H2,(H2,28,31)/t20-/m0/s1. The molecule has 2 amide bonds. The van der Waals surface area contributed by atoms with Gasteiger partial charge >= 0.3 is 0 Å². The topological polar surface area (TPSA) is 120 Å². The summed E-state index contributed by atoms with van der Waals surface area (Å²) < 4.78 is 5.91. The van der Waals surface area contributed by atoms with Crippen LogP contribution in [0.3, 0.4) is 0 Å². The Bertz CT molecular complexity index is 1300. The van der Waals surface area contributed by atoms with E-state index in [0.29, 0.717) is 40.4 Å². The second-order valence-corrected chi connectivity index (χ2v) is 7.40. The van der Waals surface area contributed by atoms with Gasteiger partial charge in [0.15, 0.2) is 0 Å². The summed E-state index contributed by atoms with van der Waals surface area (Å²) in [5, 5.41) is 18.8. The van der Waals surface area contributed by atoms with Crippen molar-refractivity contribution in [1.29, 1.82) is 10.5 Å². The fraction of sp³-hybridized carbons (Fsp3) is 0.120. The molecule has 1 aliphatic rings. The molecule has 2 N–H and O–H groups in total. The molecule has 0 radical (unpaired) electrons. The maximum absolute atomic E-state index is 12.7. The highest BCUT2D eigenvalue weighted by Crippen LogP contribution is 2.36. The lowest BCUT2D eigenvalue weighted by Gasteiger charge is -2.18. The first-order valence-corrected chi connectivity index (χ1v) is 9.91. The third-order valence-electron chi connectivity index (χ3n) is 5.39. The predicted molar refractivity (Wildman–Crippen MR) is 117 cm³/mol. The van der Waals surface area contributed by atoms with Gasteiger partial charge in [-0.25, -0.2) is 0 Å². The molecule has 0 saturated carbocycles. The first kappa shape index (κ1) is 20.6. The molecule has 0 bridgehead atoms. The minimum Gasteiger partial charge on any atom is -0.455 e. The largest absolute Gasteiger partial charge is 0.455 e. The molecule has 0 spiro atoms. The SMILES string of the molecule is N#Cc1ccccc1Oc1cc([C@H]2CC(=O)N(c3cccc(C(N)=O)c3)C2)ccc1C#N. The molecule has 3 aromatic carbocycles. The summed E-state index contributed by atoms with van der Waals surface area (Å²) in [5.74, 6) is -0.0637. The number of amides is 2. The average molecular weight is 422 g/mol.